The number of ether oxygens (including phenoxy) is 1. The third-order valence-corrected chi connectivity index (χ3v) is 4.85. The van der Waals surface area contributed by atoms with Crippen molar-refractivity contribution in [3.63, 3.8) is 0 Å². The maximum absolute atomic E-state index is 10.0. The van der Waals surface area contributed by atoms with E-state index in [0.717, 1.165) is 28.6 Å². The minimum atomic E-state index is 0.186. The Bertz CT molecular complexity index is 807. The molecule has 1 aromatic carbocycles. The summed E-state index contributed by atoms with van der Waals surface area (Å²) in [6.07, 6.45) is 3.55. The van der Waals surface area contributed by atoms with Crippen molar-refractivity contribution in [2.24, 2.45) is 0 Å². The summed E-state index contributed by atoms with van der Waals surface area (Å²) in [7, 11) is 1.60. The van der Waals surface area contributed by atoms with E-state index in [1.807, 2.05) is 4.52 Å². The Morgan fingerprint density at radius 1 is 1.33 bits per heavy atom. The fraction of sp³-hybridized carbons (Fsp3) is 0.357. The number of fused-ring (bicyclic) bond motifs is 1. The van der Waals surface area contributed by atoms with E-state index in [1.165, 1.54) is 17.8 Å². The maximum atomic E-state index is 10.0. The predicted molar refractivity (Wildman–Crippen MR) is 78.9 cm³/mol. The number of aromatic nitrogens is 4. The van der Waals surface area contributed by atoms with Crippen LogP contribution < -0.4 is 4.74 Å². The van der Waals surface area contributed by atoms with Crippen LogP contribution >= 0.6 is 11.3 Å². The minimum absolute atomic E-state index is 0.186. The van der Waals surface area contributed by atoms with Crippen molar-refractivity contribution in [2.75, 3.05) is 7.11 Å². The van der Waals surface area contributed by atoms with Crippen LogP contribution in [0.15, 0.2) is 18.2 Å². The lowest BCUT2D eigenvalue weighted by Gasteiger charge is -2.22. The summed E-state index contributed by atoms with van der Waals surface area (Å²) in [5, 5.41) is 23.8. The van der Waals surface area contributed by atoms with E-state index in [4.69, 9.17) is 4.74 Å². The summed E-state index contributed by atoms with van der Waals surface area (Å²) in [5.74, 6) is 2.27. The average Bonchev–Trinajstić information content (AvgIpc) is 2.99. The first-order chi connectivity index (χ1) is 10.3. The van der Waals surface area contributed by atoms with E-state index < -0.39 is 0 Å². The summed E-state index contributed by atoms with van der Waals surface area (Å²) in [4.78, 5) is 0.758. The van der Waals surface area contributed by atoms with E-state index in [0.29, 0.717) is 17.2 Å². The lowest BCUT2D eigenvalue weighted by Crippen LogP contribution is -2.12. The standard InChI is InChI=1S/C14H14N4O2S/c1-20-9-5-6-11(19)10(7-9)13-17-18-12(8-3-2-4-8)15-16-14(18)21-13/h5-8,19H,2-4H2,1H3. The number of methoxy groups -OCH3 is 1. The van der Waals surface area contributed by atoms with Gasteiger partial charge in [0.25, 0.3) is 0 Å². The van der Waals surface area contributed by atoms with Gasteiger partial charge in [0, 0.05) is 5.92 Å². The molecule has 0 radical (unpaired) electrons. The van der Waals surface area contributed by atoms with Crippen molar-refractivity contribution in [2.45, 2.75) is 25.2 Å². The molecule has 0 saturated heterocycles. The molecule has 1 aliphatic carbocycles. The van der Waals surface area contributed by atoms with Crippen LogP contribution in [-0.2, 0) is 0 Å². The molecule has 0 atom stereocenters. The molecular weight excluding hydrogens is 288 g/mol. The number of phenols is 1. The van der Waals surface area contributed by atoms with Crippen molar-refractivity contribution in [3.05, 3.63) is 24.0 Å². The molecule has 1 fully saturated rings. The first kappa shape index (κ1) is 12.6. The van der Waals surface area contributed by atoms with Gasteiger partial charge in [-0.1, -0.05) is 17.8 Å². The SMILES string of the molecule is COc1ccc(O)c(-c2nn3c(C4CCC4)nnc3s2)c1. The lowest BCUT2D eigenvalue weighted by molar-refractivity contribution is 0.395. The van der Waals surface area contributed by atoms with Crippen molar-refractivity contribution >= 4 is 16.3 Å². The molecule has 21 heavy (non-hydrogen) atoms. The molecule has 6 nitrogen and oxygen atoms in total. The number of benzene rings is 1. The molecule has 2 heterocycles. The van der Waals surface area contributed by atoms with Crippen LogP contribution in [0.4, 0.5) is 0 Å². The summed E-state index contributed by atoms with van der Waals surface area (Å²) in [6, 6.07) is 5.12. The highest BCUT2D eigenvalue weighted by molar-refractivity contribution is 7.19. The van der Waals surface area contributed by atoms with Gasteiger partial charge in [-0.05, 0) is 31.0 Å². The van der Waals surface area contributed by atoms with Gasteiger partial charge in [-0.2, -0.15) is 9.61 Å². The molecule has 1 aliphatic rings. The Balaban J connectivity index is 1.81. The molecule has 4 rings (SSSR count). The molecule has 7 heteroatoms. The van der Waals surface area contributed by atoms with Gasteiger partial charge in [0.15, 0.2) is 10.8 Å². The zero-order valence-electron chi connectivity index (χ0n) is 11.5. The molecule has 108 valence electrons. The number of aromatic hydroxyl groups is 1. The molecule has 2 aromatic heterocycles. The number of phenolic OH excluding ortho intramolecular Hbond substituents is 1. The van der Waals surface area contributed by atoms with Gasteiger partial charge < -0.3 is 9.84 Å². The zero-order chi connectivity index (χ0) is 14.4. The third-order valence-electron chi connectivity index (χ3n) is 3.92. The summed E-state index contributed by atoms with van der Waals surface area (Å²) in [6.45, 7) is 0. The summed E-state index contributed by atoms with van der Waals surface area (Å²) in [5.41, 5.74) is 0.657. The van der Waals surface area contributed by atoms with Crippen LogP contribution in [0, 0.1) is 0 Å². The first-order valence-electron chi connectivity index (χ1n) is 6.86. The monoisotopic (exact) mass is 302 g/mol. The van der Waals surface area contributed by atoms with Crippen molar-refractivity contribution in [3.8, 4) is 22.1 Å². The van der Waals surface area contributed by atoms with E-state index in [9.17, 15) is 5.11 Å². The Morgan fingerprint density at radius 2 is 2.19 bits per heavy atom. The van der Waals surface area contributed by atoms with Crippen LogP contribution in [0.1, 0.15) is 31.0 Å². The number of rotatable bonds is 3. The van der Waals surface area contributed by atoms with E-state index in [2.05, 4.69) is 15.3 Å². The minimum Gasteiger partial charge on any atom is -0.507 e. The molecule has 0 aliphatic heterocycles. The smallest absolute Gasteiger partial charge is 0.234 e. The summed E-state index contributed by atoms with van der Waals surface area (Å²) >= 11 is 1.42. The molecule has 0 bridgehead atoms. The normalized spacial score (nSPS) is 15.3. The van der Waals surface area contributed by atoms with Crippen molar-refractivity contribution < 1.29 is 9.84 Å². The van der Waals surface area contributed by atoms with Gasteiger partial charge in [-0.25, -0.2) is 0 Å². The van der Waals surface area contributed by atoms with Crippen LogP contribution in [0.25, 0.3) is 15.5 Å². The van der Waals surface area contributed by atoms with Gasteiger partial charge in [-0.3, -0.25) is 0 Å². The highest BCUT2D eigenvalue weighted by Gasteiger charge is 2.26. The third kappa shape index (κ3) is 1.96. The van der Waals surface area contributed by atoms with Crippen molar-refractivity contribution in [1.29, 1.82) is 0 Å². The Morgan fingerprint density at radius 3 is 2.90 bits per heavy atom. The fourth-order valence-electron chi connectivity index (χ4n) is 2.48. The number of nitrogens with zero attached hydrogens (tertiary/aromatic N) is 4. The summed E-state index contributed by atoms with van der Waals surface area (Å²) < 4.78 is 7.01. The topological polar surface area (TPSA) is 72.5 Å². The molecule has 0 amide bonds. The zero-order valence-corrected chi connectivity index (χ0v) is 12.3. The van der Waals surface area contributed by atoms with Gasteiger partial charge >= 0.3 is 0 Å². The van der Waals surface area contributed by atoms with Crippen LogP contribution in [0.2, 0.25) is 0 Å². The molecule has 3 aromatic rings. The molecular formula is C14H14N4O2S. The number of hydrogen-bond acceptors (Lipinski definition) is 6. The van der Waals surface area contributed by atoms with Gasteiger partial charge in [0.2, 0.25) is 4.96 Å². The Hall–Kier alpha value is -2.15. The highest BCUT2D eigenvalue weighted by Crippen LogP contribution is 2.38. The predicted octanol–water partition coefficient (Wildman–Crippen LogP) is 2.83. The molecule has 1 N–H and O–H groups in total. The number of hydrogen-bond donors (Lipinski definition) is 1. The Kier molecular flexibility index (Phi) is 2.81. The lowest BCUT2D eigenvalue weighted by atomic mass is 9.85. The van der Waals surface area contributed by atoms with Gasteiger partial charge in [0.1, 0.15) is 11.5 Å². The average molecular weight is 302 g/mol. The highest BCUT2D eigenvalue weighted by atomic mass is 32.1. The first-order valence-corrected chi connectivity index (χ1v) is 7.67. The van der Waals surface area contributed by atoms with Crippen LogP contribution in [0.3, 0.4) is 0 Å². The second-order valence-corrected chi connectivity index (χ2v) is 6.13. The quantitative estimate of drug-likeness (QED) is 0.805. The maximum Gasteiger partial charge on any atom is 0.234 e. The second kappa shape index (κ2) is 4.70. The van der Waals surface area contributed by atoms with Gasteiger partial charge in [-0.15, -0.1) is 10.2 Å². The van der Waals surface area contributed by atoms with E-state index >= 15 is 0 Å². The Labute approximate surface area is 125 Å². The fourth-order valence-corrected chi connectivity index (χ4v) is 3.35. The molecule has 0 spiro atoms. The van der Waals surface area contributed by atoms with Crippen molar-refractivity contribution in [1.82, 2.24) is 19.8 Å². The van der Waals surface area contributed by atoms with Crippen LogP contribution in [0.5, 0.6) is 11.5 Å². The largest absolute Gasteiger partial charge is 0.507 e. The molecule has 0 unspecified atom stereocenters. The second-order valence-electron chi connectivity index (χ2n) is 5.17. The van der Waals surface area contributed by atoms with E-state index in [-0.39, 0.29) is 5.75 Å². The van der Waals surface area contributed by atoms with Gasteiger partial charge in [0.05, 0.1) is 12.7 Å². The van der Waals surface area contributed by atoms with E-state index in [1.54, 1.807) is 25.3 Å². The molecule has 1 saturated carbocycles. The van der Waals surface area contributed by atoms with Crippen LogP contribution in [-0.4, -0.2) is 32.0 Å².